The molecule has 0 saturated heterocycles. The molecule has 110 valence electrons. The van der Waals surface area contributed by atoms with E-state index >= 15 is 0 Å². The fourth-order valence-electron chi connectivity index (χ4n) is 2.62. The third kappa shape index (κ3) is 2.69. The van der Waals surface area contributed by atoms with Crippen molar-refractivity contribution in [1.82, 2.24) is 24.5 Å². The molecule has 0 saturated carbocycles. The second-order valence-corrected chi connectivity index (χ2v) is 5.90. The molecule has 3 aromatic rings. The summed E-state index contributed by atoms with van der Waals surface area (Å²) in [6, 6.07) is 8.45. The van der Waals surface area contributed by atoms with Gasteiger partial charge in [0.2, 0.25) is 0 Å². The number of para-hydroxylation sites is 2. The summed E-state index contributed by atoms with van der Waals surface area (Å²) >= 11 is 1.47. The highest BCUT2D eigenvalue weighted by Gasteiger charge is 2.19. The van der Waals surface area contributed by atoms with Gasteiger partial charge < -0.3 is 9.88 Å². The van der Waals surface area contributed by atoms with Crippen molar-refractivity contribution in [3.05, 3.63) is 40.7 Å². The Morgan fingerprint density at radius 1 is 1.33 bits per heavy atom. The Bertz CT molecular complexity index is 745. The second-order valence-electron chi connectivity index (χ2n) is 5.11. The van der Waals surface area contributed by atoms with Crippen molar-refractivity contribution in [2.75, 3.05) is 6.54 Å². The number of nitrogens with one attached hydrogen (secondary N) is 1. The van der Waals surface area contributed by atoms with Crippen LogP contribution in [0.5, 0.6) is 0 Å². The lowest BCUT2D eigenvalue weighted by Gasteiger charge is -2.16. The molecule has 1 aromatic carbocycles. The Labute approximate surface area is 128 Å². The Hall–Kier alpha value is -1.79. The van der Waals surface area contributed by atoms with E-state index in [2.05, 4.69) is 45.6 Å². The van der Waals surface area contributed by atoms with Gasteiger partial charge in [-0.05, 0) is 37.1 Å². The lowest BCUT2D eigenvalue weighted by Crippen LogP contribution is -2.24. The molecular weight excluding hydrogens is 282 g/mol. The predicted molar refractivity (Wildman–Crippen MR) is 85.5 cm³/mol. The van der Waals surface area contributed by atoms with Crippen LogP contribution >= 0.6 is 11.5 Å². The van der Waals surface area contributed by atoms with Gasteiger partial charge in [0, 0.05) is 13.5 Å². The van der Waals surface area contributed by atoms with Crippen LogP contribution < -0.4 is 5.32 Å². The Kier molecular flexibility index (Phi) is 3.98. The van der Waals surface area contributed by atoms with Crippen molar-refractivity contribution in [3.8, 4) is 0 Å². The van der Waals surface area contributed by atoms with E-state index in [0.717, 1.165) is 30.0 Å². The molecule has 1 N–H and O–H groups in total. The number of rotatable bonds is 5. The lowest BCUT2D eigenvalue weighted by atomic mass is 10.1. The Morgan fingerprint density at radius 3 is 2.81 bits per heavy atom. The molecule has 0 fully saturated rings. The molecular formula is C15H19N5S. The van der Waals surface area contributed by atoms with E-state index in [1.807, 2.05) is 19.1 Å². The van der Waals surface area contributed by atoms with E-state index < -0.39 is 0 Å². The molecule has 3 rings (SSSR count). The van der Waals surface area contributed by atoms with Crippen molar-refractivity contribution >= 4 is 22.6 Å². The first-order valence-electron chi connectivity index (χ1n) is 7.13. The Morgan fingerprint density at radius 2 is 2.14 bits per heavy atom. The smallest absolute Gasteiger partial charge is 0.111 e. The molecule has 0 amide bonds. The van der Waals surface area contributed by atoms with E-state index in [-0.39, 0.29) is 6.04 Å². The van der Waals surface area contributed by atoms with Crippen molar-refractivity contribution in [2.45, 2.75) is 26.3 Å². The van der Waals surface area contributed by atoms with Crippen LogP contribution in [0.4, 0.5) is 0 Å². The number of aryl methyl sites for hydroxylation is 2. The number of nitrogens with zero attached hydrogens (tertiary/aromatic N) is 4. The van der Waals surface area contributed by atoms with Gasteiger partial charge in [0.15, 0.2) is 0 Å². The zero-order valence-electron chi connectivity index (χ0n) is 12.5. The van der Waals surface area contributed by atoms with Crippen molar-refractivity contribution in [1.29, 1.82) is 0 Å². The third-order valence-electron chi connectivity index (χ3n) is 3.72. The zero-order chi connectivity index (χ0) is 14.8. The van der Waals surface area contributed by atoms with Crippen molar-refractivity contribution in [3.63, 3.8) is 0 Å². The number of hydrogen-bond acceptors (Lipinski definition) is 5. The van der Waals surface area contributed by atoms with Crippen molar-refractivity contribution in [2.24, 2.45) is 7.05 Å². The van der Waals surface area contributed by atoms with Gasteiger partial charge in [0.1, 0.15) is 5.82 Å². The topological polar surface area (TPSA) is 55.6 Å². The monoisotopic (exact) mass is 301 g/mol. The van der Waals surface area contributed by atoms with Gasteiger partial charge in [-0.15, -0.1) is 5.10 Å². The van der Waals surface area contributed by atoms with Crippen molar-refractivity contribution < 1.29 is 0 Å². The van der Waals surface area contributed by atoms with Gasteiger partial charge in [-0.1, -0.05) is 23.5 Å². The summed E-state index contributed by atoms with van der Waals surface area (Å²) in [6.45, 7) is 5.04. The van der Waals surface area contributed by atoms with Gasteiger partial charge in [-0.2, -0.15) is 0 Å². The summed E-state index contributed by atoms with van der Waals surface area (Å²) in [5.74, 6) is 1.08. The number of hydrogen-bond donors (Lipinski definition) is 1. The first-order valence-corrected chi connectivity index (χ1v) is 7.90. The quantitative estimate of drug-likeness (QED) is 0.787. The van der Waals surface area contributed by atoms with E-state index in [1.165, 1.54) is 21.9 Å². The highest BCUT2D eigenvalue weighted by Crippen LogP contribution is 2.25. The molecule has 1 unspecified atom stereocenters. The molecule has 0 bridgehead atoms. The molecule has 2 aromatic heterocycles. The van der Waals surface area contributed by atoms with Crippen LogP contribution in [-0.4, -0.2) is 25.7 Å². The minimum atomic E-state index is 0.213. The maximum atomic E-state index is 4.76. The van der Waals surface area contributed by atoms with E-state index in [4.69, 9.17) is 4.98 Å². The van der Waals surface area contributed by atoms with Gasteiger partial charge >= 0.3 is 0 Å². The highest BCUT2D eigenvalue weighted by atomic mass is 32.1. The summed E-state index contributed by atoms with van der Waals surface area (Å²) in [5, 5.41) is 7.65. The number of aromatic nitrogens is 4. The van der Waals surface area contributed by atoms with E-state index in [0.29, 0.717) is 0 Å². The summed E-state index contributed by atoms with van der Waals surface area (Å²) in [5.41, 5.74) is 3.22. The first-order chi connectivity index (χ1) is 10.2. The normalized spacial score (nSPS) is 12.9. The fraction of sp³-hybridized carbons (Fsp3) is 0.400. The zero-order valence-corrected chi connectivity index (χ0v) is 13.3. The maximum Gasteiger partial charge on any atom is 0.111 e. The average molecular weight is 301 g/mol. The molecule has 6 heteroatoms. The molecule has 0 aliphatic carbocycles. The molecule has 2 heterocycles. The van der Waals surface area contributed by atoms with E-state index in [1.54, 1.807) is 0 Å². The number of benzene rings is 1. The molecule has 0 spiro atoms. The van der Waals surface area contributed by atoms with Crippen LogP contribution in [0, 0.1) is 6.92 Å². The summed E-state index contributed by atoms with van der Waals surface area (Å²) in [4.78, 5) is 5.96. The first kappa shape index (κ1) is 14.2. The third-order valence-corrected chi connectivity index (χ3v) is 4.66. The second kappa shape index (κ2) is 5.91. The minimum Gasteiger partial charge on any atom is -0.331 e. The molecule has 21 heavy (non-hydrogen) atoms. The molecule has 0 radical (unpaired) electrons. The molecule has 0 aliphatic heterocycles. The Balaban J connectivity index is 1.94. The number of fused-ring (bicyclic) bond motifs is 1. The van der Waals surface area contributed by atoms with Gasteiger partial charge in [-0.3, -0.25) is 0 Å². The number of likely N-dealkylation sites (N-methyl/N-ethyl adjacent to an activating group) is 1. The van der Waals surface area contributed by atoms with Gasteiger partial charge in [0.05, 0.1) is 27.6 Å². The average Bonchev–Trinajstić information content (AvgIpc) is 3.04. The molecule has 5 nitrogen and oxygen atoms in total. The summed E-state index contributed by atoms with van der Waals surface area (Å²) in [6.07, 6.45) is 0.837. The minimum absolute atomic E-state index is 0.213. The predicted octanol–water partition coefficient (Wildman–Crippen LogP) is 2.63. The van der Waals surface area contributed by atoms with Crippen LogP contribution in [0.3, 0.4) is 0 Å². The number of imidazole rings is 1. The highest BCUT2D eigenvalue weighted by molar-refractivity contribution is 7.05. The van der Waals surface area contributed by atoms with Crippen LogP contribution in [0.2, 0.25) is 0 Å². The largest absolute Gasteiger partial charge is 0.331 e. The van der Waals surface area contributed by atoms with Crippen LogP contribution in [0.15, 0.2) is 24.3 Å². The lowest BCUT2D eigenvalue weighted by molar-refractivity contribution is 0.535. The van der Waals surface area contributed by atoms with Crippen LogP contribution in [0.25, 0.3) is 11.0 Å². The standard InChI is InChI=1S/C15H19N5S/c1-4-16-12(15-10(2)18-19-21-15)9-14-17-11-7-5-6-8-13(11)20(14)3/h5-8,12,16H,4,9H2,1-3H3. The summed E-state index contributed by atoms with van der Waals surface area (Å²) < 4.78 is 6.23. The van der Waals surface area contributed by atoms with Crippen LogP contribution in [0.1, 0.15) is 29.4 Å². The fourth-order valence-corrected chi connectivity index (χ4v) is 3.34. The van der Waals surface area contributed by atoms with Gasteiger partial charge in [-0.25, -0.2) is 4.98 Å². The molecule has 1 atom stereocenters. The van der Waals surface area contributed by atoms with Gasteiger partial charge in [0.25, 0.3) is 0 Å². The maximum absolute atomic E-state index is 4.76. The summed E-state index contributed by atoms with van der Waals surface area (Å²) in [7, 11) is 2.07. The molecule has 0 aliphatic rings. The van der Waals surface area contributed by atoms with Crippen LogP contribution in [-0.2, 0) is 13.5 Å². The SMILES string of the molecule is CCNC(Cc1nc2ccccc2n1C)c1snnc1C. The van der Waals surface area contributed by atoms with E-state index in [9.17, 15) is 0 Å².